The Labute approximate surface area is 347 Å². The van der Waals surface area contributed by atoms with E-state index in [1.165, 1.54) is 13.3 Å². The van der Waals surface area contributed by atoms with Crippen molar-refractivity contribution in [2.24, 2.45) is 0 Å². The molecule has 3 aromatic carbocycles. The van der Waals surface area contributed by atoms with Gasteiger partial charge >= 0.3 is 5.97 Å². The fourth-order valence-corrected chi connectivity index (χ4v) is 9.23. The van der Waals surface area contributed by atoms with Crippen molar-refractivity contribution >= 4 is 30.6 Å². The molecule has 60 heavy (non-hydrogen) atoms. The highest BCUT2D eigenvalue weighted by Crippen LogP contribution is 2.51. The van der Waals surface area contributed by atoms with Gasteiger partial charge in [0.1, 0.15) is 30.0 Å². The van der Waals surface area contributed by atoms with E-state index in [0.717, 1.165) is 67.0 Å². The van der Waals surface area contributed by atoms with Crippen LogP contribution < -0.4 is 19.9 Å². The first-order valence-corrected chi connectivity index (χ1v) is 22.1. The number of aliphatic hydroxyl groups excluding tert-OH is 1. The minimum Gasteiger partial charge on any atom is -0.497 e. The molecule has 3 heterocycles. The van der Waals surface area contributed by atoms with E-state index in [-0.39, 0.29) is 35.7 Å². The number of ether oxygens (including phenoxy) is 4. The molecule has 0 amide bonds. The molecular formula is C43H51F2N6O8P. The molecule has 2 aliphatic rings. The summed E-state index contributed by atoms with van der Waals surface area (Å²) in [6, 6.07) is 25.9. The van der Waals surface area contributed by atoms with Crippen molar-refractivity contribution in [1.82, 2.24) is 24.6 Å². The number of esters is 1. The van der Waals surface area contributed by atoms with E-state index in [2.05, 4.69) is 15.4 Å². The quantitative estimate of drug-likeness (QED) is 0.0505. The van der Waals surface area contributed by atoms with E-state index in [0.29, 0.717) is 5.75 Å². The number of carbonyl (C=O) groups excluding carboxylic acids is 1. The summed E-state index contributed by atoms with van der Waals surface area (Å²) < 4.78 is 76.2. The van der Waals surface area contributed by atoms with Gasteiger partial charge in [0.25, 0.3) is 13.4 Å². The van der Waals surface area contributed by atoms with Gasteiger partial charge in [0.2, 0.25) is 11.8 Å². The molecule has 1 aliphatic carbocycles. The normalized spacial score (nSPS) is 23.8. The number of carbonyl (C=O) groups is 1. The average molecular weight is 849 g/mol. The number of hydrogen-bond acceptors (Lipinski definition) is 12. The zero-order valence-corrected chi connectivity index (χ0v) is 35.1. The lowest BCUT2D eigenvalue weighted by Gasteiger charge is -2.37. The smallest absolute Gasteiger partial charge is 0.323 e. The first-order chi connectivity index (χ1) is 28.7. The summed E-state index contributed by atoms with van der Waals surface area (Å²) in [4.78, 5) is 26.7. The number of imidazole rings is 1. The van der Waals surface area contributed by atoms with Crippen LogP contribution in [0.4, 0.5) is 14.7 Å². The van der Waals surface area contributed by atoms with Gasteiger partial charge in [-0.25, -0.2) is 18.9 Å². The number of anilines is 1. The highest BCUT2D eigenvalue weighted by molar-refractivity contribution is 7.56. The van der Waals surface area contributed by atoms with Crippen molar-refractivity contribution < 1.29 is 46.7 Å². The van der Waals surface area contributed by atoms with Crippen LogP contribution in [-0.4, -0.2) is 87.4 Å². The number of fused-ring (bicyclic) bond motifs is 1. The average Bonchev–Trinajstić information content (AvgIpc) is 3.75. The van der Waals surface area contributed by atoms with Gasteiger partial charge in [-0.3, -0.25) is 13.9 Å². The molecule has 2 unspecified atom stereocenters. The van der Waals surface area contributed by atoms with Crippen LogP contribution in [-0.2, 0) is 28.9 Å². The third kappa shape index (κ3) is 8.62. The lowest BCUT2D eigenvalue weighted by atomic mass is 9.77. The highest BCUT2D eigenvalue weighted by Gasteiger charge is 2.65. The molecule has 2 aromatic heterocycles. The largest absolute Gasteiger partial charge is 0.497 e. The molecule has 3 N–H and O–H groups in total. The molecule has 0 radical (unpaired) electrons. The predicted octanol–water partition coefficient (Wildman–Crippen LogP) is 7.61. The van der Waals surface area contributed by atoms with Crippen LogP contribution >= 0.6 is 7.52 Å². The molecule has 1 saturated heterocycles. The number of rotatable bonds is 16. The standard InChI is InChI=1S/C43H51F2N6O8P/c1-6-56-36-34-35(47-40(48-36)49-43(29-16-10-7-11-17-29,30-18-12-8-13-19-30)31-22-24-32(55-4)25-23-31)51(27-46-34)39-41(3,44)38(53)42(45,59-39)26-57-60(5,54)50-28(2)37(52)58-33-20-14-9-15-21-33/h7-8,10-13,16-19,22-25,27-28,33,38-39,53H,6,9,14-15,20-21,26H2,1-5H3,(H,50,54)(H,47,48,49)/t28-,38-,39?,41+,42+,60?/m0/s1. The van der Waals surface area contributed by atoms with Gasteiger partial charge in [-0.1, -0.05) is 79.2 Å². The molecule has 14 nitrogen and oxygen atoms in total. The van der Waals surface area contributed by atoms with Crippen LogP contribution in [0.25, 0.3) is 11.2 Å². The number of nitrogens with one attached hydrogen (secondary N) is 2. The van der Waals surface area contributed by atoms with Gasteiger partial charge < -0.3 is 33.9 Å². The third-order valence-electron chi connectivity index (χ3n) is 11.0. The van der Waals surface area contributed by atoms with Gasteiger partial charge in [-0.05, 0) is 75.3 Å². The van der Waals surface area contributed by atoms with Gasteiger partial charge in [0.05, 0.1) is 20.0 Å². The van der Waals surface area contributed by atoms with Crippen molar-refractivity contribution in [2.75, 3.05) is 32.3 Å². The van der Waals surface area contributed by atoms with E-state index in [4.69, 9.17) is 33.4 Å². The minimum atomic E-state index is -3.94. The number of aromatic nitrogens is 4. The summed E-state index contributed by atoms with van der Waals surface area (Å²) in [5.41, 5.74) is -1.35. The van der Waals surface area contributed by atoms with E-state index in [1.807, 2.05) is 84.9 Å². The molecule has 1 saturated carbocycles. The molecule has 5 aromatic rings. The molecule has 0 bridgehead atoms. The fourth-order valence-electron chi connectivity index (χ4n) is 7.92. The van der Waals surface area contributed by atoms with E-state index < -0.39 is 55.5 Å². The molecule has 320 valence electrons. The Balaban J connectivity index is 1.21. The summed E-state index contributed by atoms with van der Waals surface area (Å²) in [6.45, 7) is 4.39. The van der Waals surface area contributed by atoms with Crippen LogP contribution in [0, 0.1) is 0 Å². The van der Waals surface area contributed by atoms with Crippen molar-refractivity contribution in [2.45, 2.75) is 94.4 Å². The molecule has 7 rings (SSSR count). The van der Waals surface area contributed by atoms with Crippen LogP contribution in [0.2, 0.25) is 0 Å². The van der Waals surface area contributed by atoms with Gasteiger partial charge in [-0.2, -0.15) is 9.97 Å². The number of nitrogens with zero attached hydrogens (tertiary/aromatic N) is 4. The van der Waals surface area contributed by atoms with Crippen molar-refractivity contribution in [1.29, 1.82) is 0 Å². The Morgan fingerprint density at radius 1 is 1.00 bits per heavy atom. The molecule has 17 heteroatoms. The number of benzene rings is 3. The number of halogens is 2. The van der Waals surface area contributed by atoms with Gasteiger partial charge in [-0.15, -0.1) is 0 Å². The maximum atomic E-state index is 16.8. The second-order valence-electron chi connectivity index (χ2n) is 15.4. The van der Waals surface area contributed by atoms with Crippen molar-refractivity contribution in [3.63, 3.8) is 0 Å². The zero-order chi connectivity index (χ0) is 42.7. The Kier molecular flexibility index (Phi) is 12.6. The summed E-state index contributed by atoms with van der Waals surface area (Å²) in [7, 11) is -2.35. The minimum absolute atomic E-state index is 0.0000746. The zero-order valence-electron chi connectivity index (χ0n) is 34.2. The van der Waals surface area contributed by atoms with Crippen LogP contribution in [0.3, 0.4) is 0 Å². The van der Waals surface area contributed by atoms with Gasteiger partial charge in [0, 0.05) is 6.66 Å². The van der Waals surface area contributed by atoms with E-state index in [1.54, 1.807) is 14.0 Å². The Bertz CT molecular complexity index is 2260. The fraction of sp³-hybridized carbons (Fsp3) is 0.442. The second-order valence-corrected chi connectivity index (χ2v) is 17.6. The van der Waals surface area contributed by atoms with E-state index >= 15 is 8.78 Å². The topological polar surface area (TPSA) is 168 Å². The van der Waals surface area contributed by atoms with Gasteiger partial charge in [0.15, 0.2) is 29.2 Å². The molecule has 2 fully saturated rings. The summed E-state index contributed by atoms with van der Waals surface area (Å²) in [5.74, 6) is -3.08. The first-order valence-electron chi connectivity index (χ1n) is 20.1. The highest BCUT2D eigenvalue weighted by atomic mass is 31.2. The summed E-state index contributed by atoms with van der Waals surface area (Å²) in [5, 5.41) is 17.3. The Hall–Kier alpha value is -4.99. The summed E-state index contributed by atoms with van der Waals surface area (Å²) >= 11 is 0. The second kappa shape index (κ2) is 17.5. The monoisotopic (exact) mass is 848 g/mol. The molecular weight excluding hydrogens is 797 g/mol. The lowest BCUT2D eigenvalue weighted by molar-refractivity contribution is -0.202. The number of alkyl halides is 2. The number of aliphatic hydroxyl groups is 1. The van der Waals surface area contributed by atoms with E-state index in [9.17, 15) is 14.5 Å². The Morgan fingerprint density at radius 2 is 1.62 bits per heavy atom. The number of methoxy groups -OCH3 is 1. The maximum absolute atomic E-state index is 16.8. The SMILES string of the molecule is CCOc1nc(NC(c2ccccc2)(c2ccccc2)c2ccc(OC)cc2)nc2c1ncn2C1O[C@](F)(COP(C)(=O)N[C@@H](C)C(=O)OC2CCCCC2)[C@@H](O)[C@@]1(C)F. The van der Waals surface area contributed by atoms with Crippen molar-refractivity contribution in [3.8, 4) is 11.6 Å². The molecule has 1 aliphatic heterocycles. The summed E-state index contributed by atoms with van der Waals surface area (Å²) in [6.07, 6.45) is 1.16. The van der Waals surface area contributed by atoms with Crippen LogP contribution in [0.15, 0.2) is 91.3 Å². The van der Waals surface area contributed by atoms with Crippen molar-refractivity contribution in [3.05, 3.63) is 108 Å². The lowest BCUT2D eigenvalue weighted by Crippen LogP contribution is -2.47. The number of hydrogen-bond donors (Lipinski definition) is 3. The Morgan fingerprint density at radius 3 is 2.22 bits per heavy atom. The molecule has 0 spiro atoms. The first kappa shape index (κ1) is 43.1. The molecule has 6 atom stereocenters. The maximum Gasteiger partial charge on any atom is 0.323 e. The van der Waals surface area contributed by atoms with Crippen LogP contribution in [0.5, 0.6) is 11.6 Å². The predicted molar refractivity (Wildman–Crippen MR) is 220 cm³/mol. The third-order valence-corrected chi connectivity index (χ3v) is 12.5. The van der Waals surface area contributed by atoms with Crippen LogP contribution in [0.1, 0.15) is 75.8 Å².